The predicted molar refractivity (Wildman–Crippen MR) is 243 cm³/mol. The average molecular weight is 1030 g/mol. The van der Waals surface area contributed by atoms with Gasteiger partial charge in [0.05, 0.1) is 52.5 Å². The smallest absolute Gasteiger partial charge is 0.343 e. The number of ether oxygens (including phenoxy) is 3. The van der Waals surface area contributed by atoms with Crippen LogP contribution in [0.1, 0.15) is 34.6 Å². The second-order valence-electron chi connectivity index (χ2n) is 14.7. The van der Waals surface area contributed by atoms with Crippen molar-refractivity contribution in [1.29, 1.82) is 0 Å². The molecule has 1 aromatic heterocycles. The molecule has 0 unspecified atom stereocenters. The standard InChI is InChI=1S/C22H13F2NO7S.C14H13F4NO3.C10H9NO4S/c1-2-31-22(27)13-9-25-18-11-6-4-3-5-10(11)16(33(28,29)30)8-15(18)32-21-17(24)14(23)7-12(19(21)25)20(13)26;1-4-22-14(21)8(6-19(2)3)13(20)7-5-9(15)11(17)12(18)10(7)16;11-10-7-4-2-1-3-6(7)9(5-8(10)12)16-15-14-13/h3-9H,2H2,1H3,(H,28,29,30);5-6H,4H2,1-3H3;1-5,12-13H,11H2/b;8-6-;. The van der Waals surface area contributed by atoms with Gasteiger partial charge in [0.2, 0.25) is 17.0 Å². The van der Waals surface area contributed by atoms with Crippen molar-refractivity contribution in [3.63, 3.8) is 0 Å². The lowest BCUT2D eigenvalue weighted by molar-refractivity contribution is -0.432. The number of esters is 2. The molecular weight excluding hydrogens is 997 g/mol. The molecule has 7 aromatic rings. The van der Waals surface area contributed by atoms with E-state index < -0.39 is 95.5 Å². The van der Waals surface area contributed by atoms with Gasteiger partial charge in [-0.25, -0.2) is 36.8 Å². The molecule has 17 nitrogen and oxygen atoms in total. The maximum absolute atomic E-state index is 14.7. The molecule has 8 rings (SSSR count). The van der Waals surface area contributed by atoms with Gasteiger partial charge in [-0.2, -0.15) is 12.8 Å². The number of benzene rings is 6. The Hall–Kier alpha value is -7.68. The van der Waals surface area contributed by atoms with E-state index >= 15 is 0 Å². The lowest BCUT2D eigenvalue weighted by atomic mass is 10.0. The third-order valence-corrected chi connectivity index (χ3v) is 11.5. The van der Waals surface area contributed by atoms with E-state index in [1.54, 1.807) is 25.1 Å². The largest absolute Gasteiger partial charge is 0.506 e. The number of carbonyl (C=O) groups excluding carboxylic acids is 3. The van der Waals surface area contributed by atoms with Crippen LogP contribution in [0.2, 0.25) is 0 Å². The molecule has 0 aliphatic carbocycles. The molecule has 0 bridgehead atoms. The van der Waals surface area contributed by atoms with Crippen molar-refractivity contribution in [2.45, 2.75) is 23.6 Å². The minimum atomic E-state index is -4.73. The summed E-state index contributed by atoms with van der Waals surface area (Å²) < 4.78 is 136. The summed E-state index contributed by atoms with van der Waals surface area (Å²) in [5.74, 6) is -14.9. The number of aromatic nitrogens is 1. The van der Waals surface area contributed by atoms with Gasteiger partial charge in [-0.3, -0.25) is 14.1 Å². The van der Waals surface area contributed by atoms with E-state index in [-0.39, 0.29) is 58.1 Å². The second kappa shape index (κ2) is 21.5. The number of aromatic hydroxyl groups is 1. The van der Waals surface area contributed by atoms with E-state index in [9.17, 15) is 63.6 Å². The second-order valence-corrected chi connectivity index (χ2v) is 16.8. The van der Waals surface area contributed by atoms with Gasteiger partial charge in [0.1, 0.15) is 27.3 Å². The van der Waals surface area contributed by atoms with Gasteiger partial charge >= 0.3 is 11.9 Å². The number of carbonyl (C=O) groups is 3. The highest BCUT2D eigenvalue weighted by Crippen LogP contribution is 2.46. The molecule has 0 fully saturated rings. The number of nitrogens with two attached hydrogens (primary N) is 1. The molecule has 0 radical (unpaired) electrons. The van der Waals surface area contributed by atoms with Crippen molar-refractivity contribution in [2.75, 3.05) is 33.0 Å². The van der Waals surface area contributed by atoms with Crippen LogP contribution in [-0.4, -0.2) is 77.8 Å². The van der Waals surface area contributed by atoms with Gasteiger partial charge < -0.3 is 34.5 Å². The van der Waals surface area contributed by atoms with Crippen molar-refractivity contribution in [2.24, 2.45) is 0 Å². The van der Waals surface area contributed by atoms with Gasteiger partial charge in [-0.15, -0.1) is 4.33 Å². The van der Waals surface area contributed by atoms with Crippen molar-refractivity contribution >= 4 is 78.0 Å². The van der Waals surface area contributed by atoms with Crippen molar-refractivity contribution in [1.82, 2.24) is 9.47 Å². The number of phenolic OH excluding ortho intramolecular Hbond substituents is 1. The Bertz CT molecular complexity index is 3520. The number of pyridine rings is 1. The number of hydrogen-bond donors (Lipinski definition) is 4. The lowest BCUT2D eigenvalue weighted by Gasteiger charge is -2.26. The zero-order valence-corrected chi connectivity index (χ0v) is 38.5. The van der Waals surface area contributed by atoms with Crippen LogP contribution >= 0.6 is 12.0 Å². The van der Waals surface area contributed by atoms with Crippen molar-refractivity contribution in [3.05, 3.63) is 147 Å². The number of phenols is 1. The van der Waals surface area contributed by atoms with E-state index in [1.807, 2.05) is 18.2 Å². The number of halogens is 6. The zero-order valence-electron chi connectivity index (χ0n) is 36.9. The maximum atomic E-state index is 14.7. The first-order valence-corrected chi connectivity index (χ1v) is 22.3. The van der Waals surface area contributed by atoms with Gasteiger partial charge in [-0.05, 0) is 32.0 Å². The highest BCUT2D eigenvalue weighted by atomic mass is 32.2. The molecule has 71 heavy (non-hydrogen) atoms. The third kappa shape index (κ3) is 10.6. The van der Waals surface area contributed by atoms with Gasteiger partial charge in [0.15, 0.2) is 40.6 Å². The Labute approximate surface area is 400 Å². The van der Waals surface area contributed by atoms with Crippen LogP contribution < -0.4 is 15.9 Å². The summed E-state index contributed by atoms with van der Waals surface area (Å²) in [5, 5.41) is 22.8. The monoisotopic (exact) mass is 1030 g/mol. The summed E-state index contributed by atoms with van der Waals surface area (Å²) in [4.78, 5) is 50.6. The molecule has 5 N–H and O–H groups in total. The highest BCUT2D eigenvalue weighted by molar-refractivity contribution is 7.94. The SMILES string of the molecule is CCOC(=O)/C(=C\N(C)C)C(=O)c1cc(F)c(F)c(F)c1F.CCOC(=O)c1cn2c3c(c(F)c(F)cc3c1=O)Oc1cc(S(=O)(=O)O)c3ccccc3c1-2.Nc1c(O)cc(SOOO)c2ccccc12. The molecule has 1 aliphatic rings. The fourth-order valence-corrected chi connectivity index (χ4v) is 8.25. The van der Waals surface area contributed by atoms with Crippen molar-refractivity contribution < 1.29 is 87.6 Å². The molecule has 0 atom stereocenters. The van der Waals surface area contributed by atoms with Gasteiger partial charge in [0, 0.05) is 54.1 Å². The Balaban J connectivity index is 0.000000188. The highest BCUT2D eigenvalue weighted by Gasteiger charge is 2.33. The predicted octanol–water partition coefficient (Wildman–Crippen LogP) is 8.94. The van der Waals surface area contributed by atoms with Gasteiger partial charge in [-0.1, -0.05) is 53.6 Å². The molecule has 0 saturated heterocycles. The first-order valence-electron chi connectivity index (χ1n) is 20.1. The normalized spacial score (nSPS) is 11.7. The van der Waals surface area contributed by atoms with E-state index in [0.717, 1.165) is 35.9 Å². The number of nitrogens with zero attached hydrogens (tertiary/aromatic N) is 2. The minimum absolute atomic E-state index is 0.0281. The van der Waals surface area contributed by atoms with Crippen LogP contribution in [-0.2, 0) is 33.8 Å². The summed E-state index contributed by atoms with van der Waals surface area (Å²) in [6.45, 7) is 2.93. The summed E-state index contributed by atoms with van der Waals surface area (Å²) in [6, 6.07) is 16.6. The van der Waals surface area contributed by atoms with Crippen LogP contribution in [0.25, 0.3) is 38.1 Å². The average Bonchev–Trinajstić information content (AvgIpc) is 3.33. The molecule has 2 heterocycles. The number of Topliss-reactive ketones (excluding diaryl/α,β-unsaturated/α-hetero) is 1. The van der Waals surface area contributed by atoms with E-state index in [4.69, 9.17) is 20.5 Å². The van der Waals surface area contributed by atoms with Crippen LogP contribution in [0.5, 0.6) is 17.2 Å². The van der Waals surface area contributed by atoms with E-state index in [2.05, 4.69) is 14.1 Å². The summed E-state index contributed by atoms with van der Waals surface area (Å²) in [5.41, 5.74) is 3.00. The molecule has 1 aliphatic heterocycles. The molecule has 372 valence electrons. The Kier molecular flexibility index (Phi) is 16.0. The Morgan fingerprint density at radius 2 is 1.41 bits per heavy atom. The summed E-state index contributed by atoms with van der Waals surface area (Å²) in [7, 11) is -1.79. The zero-order chi connectivity index (χ0) is 52.2. The fourth-order valence-electron chi connectivity index (χ4n) is 7.00. The number of ketones is 1. The lowest BCUT2D eigenvalue weighted by Crippen LogP contribution is -2.23. The summed E-state index contributed by atoms with van der Waals surface area (Å²) >= 11 is 0.785. The number of hydrogen-bond acceptors (Lipinski definition) is 16. The van der Waals surface area contributed by atoms with Crippen LogP contribution in [0.3, 0.4) is 0 Å². The number of rotatable bonds is 11. The first-order chi connectivity index (χ1) is 33.6. The number of nitrogen functional groups attached to an aromatic ring is 1. The molecule has 6 aromatic carbocycles. The fraction of sp³-hybridized carbons (Fsp3) is 0.130. The van der Waals surface area contributed by atoms with Crippen LogP contribution in [0.15, 0.2) is 105 Å². The molecular formula is C46H35F6N3O14S2. The number of fused-ring (bicyclic) bond motifs is 5. The van der Waals surface area contributed by atoms with Crippen LogP contribution in [0.4, 0.5) is 32.0 Å². The molecule has 25 heteroatoms. The van der Waals surface area contributed by atoms with E-state index in [1.165, 1.54) is 48.7 Å². The number of anilines is 1. The Morgan fingerprint density at radius 3 is 2.01 bits per heavy atom. The first kappa shape index (κ1) is 52.7. The molecule has 0 amide bonds. The topological polar surface area (TPSA) is 243 Å². The Morgan fingerprint density at radius 1 is 0.803 bits per heavy atom. The van der Waals surface area contributed by atoms with E-state index in [0.29, 0.717) is 22.0 Å². The summed E-state index contributed by atoms with van der Waals surface area (Å²) in [6.07, 6.45) is 2.13. The van der Waals surface area contributed by atoms with Crippen molar-refractivity contribution in [3.8, 4) is 22.9 Å². The van der Waals surface area contributed by atoms with Crippen LogP contribution in [0, 0.1) is 34.9 Å². The van der Waals surface area contributed by atoms with Gasteiger partial charge in [0.25, 0.3) is 10.1 Å². The maximum Gasteiger partial charge on any atom is 0.343 e. The molecule has 0 spiro atoms. The quantitative estimate of drug-likeness (QED) is 0.00749. The minimum Gasteiger partial charge on any atom is -0.506 e. The third-order valence-electron chi connectivity index (χ3n) is 9.96. The molecule has 0 saturated carbocycles.